The standard InChI is InChI=1S/C8H3Cl3O4S/c9-7(12)4-1-5(8(10)13)3-6(2-4)16(11,14)15/h1-3H. The predicted molar refractivity (Wildman–Crippen MR) is 59.8 cm³/mol. The molecule has 0 aliphatic carbocycles. The van der Waals surface area contributed by atoms with Crippen LogP contribution in [0.2, 0.25) is 0 Å². The number of benzene rings is 1. The minimum absolute atomic E-state index is 0.174. The molecular formula is C8H3Cl3O4S. The summed E-state index contributed by atoms with van der Waals surface area (Å²) in [7, 11) is 1.01. The third-order valence-corrected chi connectivity index (χ3v) is 3.41. The van der Waals surface area contributed by atoms with Crippen LogP contribution in [0.1, 0.15) is 20.7 Å². The van der Waals surface area contributed by atoms with Gasteiger partial charge in [0.1, 0.15) is 0 Å². The van der Waals surface area contributed by atoms with E-state index < -0.39 is 24.4 Å². The molecule has 0 saturated carbocycles. The summed E-state index contributed by atoms with van der Waals surface area (Å²) in [5, 5.41) is -1.83. The Morgan fingerprint density at radius 1 is 0.938 bits per heavy atom. The molecule has 0 aliphatic heterocycles. The molecule has 8 heteroatoms. The van der Waals surface area contributed by atoms with Crippen molar-refractivity contribution < 1.29 is 18.0 Å². The van der Waals surface area contributed by atoms with Gasteiger partial charge < -0.3 is 0 Å². The molecule has 86 valence electrons. The maximum Gasteiger partial charge on any atom is 0.261 e. The van der Waals surface area contributed by atoms with Gasteiger partial charge in [0.2, 0.25) is 0 Å². The summed E-state index contributed by atoms with van der Waals surface area (Å²) in [5.74, 6) is 0. The second-order valence-corrected chi connectivity index (χ2v) is 5.98. The fourth-order valence-electron chi connectivity index (χ4n) is 0.967. The first-order valence-corrected chi connectivity index (χ1v) is 6.78. The third kappa shape index (κ3) is 3.18. The monoisotopic (exact) mass is 300 g/mol. The first-order chi connectivity index (χ1) is 7.21. The van der Waals surface area contributed by atoms with E-state index in [4.69, 9.17) is 33.9 Å². The highest BCUT2D eigenvalue weighted by Crippen LogP contribution is 2.21. The molecule has 0 atom stereocenters. The zero-order valence-corrected chi connectivity index (χ0v) is 10.5. The van der Waals surface area contributed by atoms with E-state index in [2.05, 4.69) is 0 Å². The molecular weight excluding hydrogens is 299 g/mol. The van der Waals surface area contributed by atoms with Crippen LogP contribution in [0.15, 0.2) is 23.1 Å². The number of carbonyl (C=O) groups excluding carboxylic acids is 2. The van der Waals surface area contributed by atoms with Crippen molar-refractivity contribution in [3.05, 3.63) is 29.3 Å². The molecule has 0 bridgehead atoms. The van der Waals surface area contributed by atoms with Gasteiger partial charge in [-0.2, -0.15) is 0 Å². The summed E-state index contributed by atoms with van der Waals surface area (Å²) < 4.78 is 22.1. The maximum absolute atomic E-state index is 11.0. The van der Waals surface area contributed by atoms with E-state index in [1.165, 1.54) is 0 Å². The summed E-state index contributed by atoms with van der Waals surface area (Å²) in [6.45, 7) is 0. The largest absolute Gasteiger partial charge is 0.276 e. The van der Waals surface area contributed by atoms with Crippen LogP contribution in [0.5, 0.6) is 0 Å². The molecule has 4 nitrogen and oxygen atoms in total. The second-order valence-electron chi connectivity index (χ2n) is 2.73. The normalized spacial score (nSPS) is 11.2. The first kappa shape index (κ1) is 13.4. The Kier molecular flexibility index (Phi) is 3.96. The van der Waals surface area contributed by atoms with Crippen molar-refractivity contribution in [1.82, 2.24) is 0 Å². The number of halogens is 3. The van der Waals surface area contributed by atoms with Gasteiger partial charge in [-0.25, -0.2) is 8.42 Å². The minimum Gasteiger partial charge on any atom is -0.276 e. The number of rotatable bonds is 3. The zero-order valence-electron chi connectivity index (χ0n) is 7.41. The van der Waals surface area contributed by atoms with Crippen LogP contribution in [0.3, 0.4) is 0 Å². The molecule has 0 amide bonds. The molecule has 0 radical (unpaired) electrons. The van der Waals surface area contributed by atoms with Crippen molar-refractivity contribution in [1.29, 1.82) is 0 Å². The molecule has 1 aromatic carbocycles. The van der Waals surface area contributed by atoms with Crippen molar-refractivity contribution in [2.75, 3.05) is 0 Å². The van der Waals surface area contributed by atoms with Crippen molar-refractivity contribution in [3.8, 4) is 0 Å². The van der Waals surface area contributed by atoms with E-state index in [9.17, 15) is 18.0 Å². The molecule has 0 heterocycles. The number of hydrogen-bond donors (Lipinski definition) is 0. The van der Waals surface area contributed by atoms with Crippen LogP contribution in [0.25, 0.3) is 0 Å². The predicted octanol–water partition coefficient (Wildman–Crippen LogP) is 2.37. The molecule has 16 heavy (non-hydrogen) atoms. The van der Waals surface area contributed by atoms with Gasteiger partial charge in [0.15, 0.2) is 0 Å². The molecule has 0 N–H and O–H groups in total. The minimum atomic E-state index is -4.06. The summed E-state index contributed by atoms with van der Waals surface area (Å²) >= 11 is 10.3. The highest BCUT2D eigenvalue weighted by Gasteiger charge is 2.17. The van der Waals surface area contributed by atoms with Crippen molar-refractivity contribution in [2.24, 2.45) is 0 Å². The van der Waals surface area contributed by atoms with Crippen molar-refractivity contribution in [2.45, 2.75) is 4.90 Å². The summed E-state index contributed by atoms with van der Waals surface area (Å²) in [6, 6.07) is 3.00. The van der Waals surface area contributed by atoms with Crippen LogP contribution in [0.4, 0.5) is 0 Å². The first-order valence-electron chi connectivity index (χ1n) is 3.71. The molecule has 0 fully saturated rings. The van der Waals surface area contributed by atoms with Crippen molar-refractivity contribution >= 4 is 53.4 Å². The average Bonchev–Trinajstić information content (AvgIpc) is 2.15. The van der Waals surface area contributed by atoms with E-state index in [-0.39, 0.29) is 11.1 Å². The topological polar surface area (TPSA) is 68.3 Å². The van der Waals surface area contributed by atoms with Gasteiger partial charge in [0.25, 0.3) is 19.5 Å². The van der Waals surface area contributed by atoms with E-state index in [0.717, 1.165) is 18.2 Å². The maximum atomic E-state index is 11.0. The smallest absolute Gasteiger partial charge is 0.261 e. The highest BCUT2D eigenvalue weighted by molar-refractivity contribution is 8.13. The van der Waals surface area contributed by atoms with E-state index in [0.29, 0.717) is 0 Å². The fraction of sp³-hybridized carbons (Fsp3) is 0. The highest BCUT2D eigenvalue weighted by atomic mass is 35.7. The van der Waals surface area contributed by atoms with Crippen molar-refractivity contribution in [3.63, 3.8) is 0 Å². The van der Waals surface area contributed by atoms with Gasteiger partial charge in [-0.3, -0.25) is 9.59 Å². The zero-order chi connectivity index (χ0) is 12.5. The van der Waals surface area contributed by atoms with Gasteiger partial charge in [-0.05, 0) is 41.4 Å². The second kappa shape index (κ2) is 4.71. The molecule has 0 spiro atoms. The lowest BCUT2D eigenvalue weighted by Crippen LogP contribution is -2.00. The average molecular weight is 302 g/mol. The van der Waals surface area contributed by atoms with Gasteiger partial charge in [0, 0.05) is 21.8 Å². The molecule has 1 aromatic rings. The molecule has 0 aromatic heterocycles. The Morgan fingerprint density at radius 3 is 1.56 bits per heavy atom. The number of hydrogen-bond acceptors (Lipinski definition) is 4. The lowest BCUT2D eigenvalue weighted by atomic mass is 10.1. The number of carbonyl (C=O) groups is 2. The Morgan fingerprint density at radius 2 is 1.31 bits per heavy atom. The van der Waals surface area contributed by atoms with E-state index in [1.807, 2.05) is 0 Å². The molecule has 1 rings (SSSR count). The van der Waals surface area contributed by atoms with Gasteiger partial charge in [-0.15, -0.1) is 0 Å². The summed E-state index contributed by atoms with van der Waals surface area (Å²) in [4.78, 5) is 21.3. The third-order valence-electron chi connectivity index (χ3n) is 1.64. The van der Waals surface area contributed by atoms with Crippen LogP contribution >= 0.6 is 33.9 Å². The van der Waals surface area contributed by atoms with Crippen LogP contribution in [-0.2, 0) is 9.05 Å². The Labute approximate surface area is 106 Å². The lowest BCUT2D eigenvalue weighted by molar-refractivity contribution is 0.108. The van der Waals surface area contributed by atoms with Crippen LogP contribution in [-0.4, -0.2) is 18.9 Å². The SMILES string of the molecule is O=C(Cl)c1cc(C(=O)Cl)cc(S(=O)(=O)Cl)c1. The Bertz CT molecular complexity index is 532. The Hall–Kier alpha value is -0.620. The lowest BCUT2D eigenvalue weighted by Gasteiger charge is -2.01. The Balaban J connectivity index is 3.54. The molecule has 0 aliphatic rings. The van der Waals surface area contributed by atoms with Gasteiger partial charge in [-0.1, -0.05) is 0 Å². The fourth-order valence-corrected chi connectivity index (χ4v) is 1.99. The summed E-state index contributed by atoms with van der Waals surface area (Å²) in [5.41, 5.74) is -0.347. The van der Waals surface area contributed by atoms with E-state index >= 15 is 0 Å². The van der Waals surface area contributed by atoms with Crippen LogP contribution < -0.4 is 0 Å². The summed E-state index contributed by atoms with van der Waals surface area (Å²) in [6.07, 6.45) is 0. The van der Waals surface area contributed by atoms with Gasteiger partial charge in [0.05, 0.1) is 4.90 Å². The molecule has 0 saturated heterocycles. The van der Waals surface area contributed by atoms with Crippen LogP contribution in [0, 0.1) is 0 Å². The molecule has 0 unspecified atom stereocenters. The quantitative estimate of drug-likeness (QED) is 0.804. The van der Waals surface area contributed by atoms with E-state index in [1.54, 1.807) is 0 Å². The van der Waals surface area contributed by atoms with Gasteiger partial charge >= 0.3 is 0 Å².